The zero-order valence-electron chi connectivity index (χ0n) is 12.0. The number of pyridine rings is 1. The zero-order chi connectivity index (χ0) is 15.8. The number of phenolic OH excluding ortho intramolecular Hbond substituents is 1. The second-order valence-corrected chi connectivity index (χ2v) is 5.19. The molecule has 4 aromatic rings. The maximum Gasteiger partial charge on any atom is 0.155 e. The van der Waals surface area contributed by atoms with Gasteiger partial charge in [0, 0.05) is 23.0 Å². The predicted molar refractivity (Wildman–Crippen MR) is 86.0 cm³/mol. The summed E-state index contributed by atoms with van der Waals surface area (Å²) in [5, 5.41) is 25.1. The van der Waals surface area contributed by atoms with Gasteiger partial charge in [-0.05, 0) is 41.8 Å². The SMILES string of the molecule is ON=c1cc(-c2cc3cc(O)ccc3cn2)oc2ccccc12. The number of hydrogen-bond acceptors (Lipinski definition) is 5. The quantitative estimate of drug-likeness (QED) is 0.415. The Labute approximate surface area is 130 Å². The molecule has 2 N–H and O–H groups in total. The molecule has 5 heteroatoms. The molecule has 0 saturated carbocycles. The molecule has 0 saturated heterocycles. The van der Waals surface area contributed by atoms with E-state index in [2.05, 4.69) is 10.1 Å². The van der Waals surface area contributed by atoms with E-state index in [1.165, 1.54) is 0 Å². The van der Waals surface area contributed by atoms with Crippen LogP contribution < -0.4 is 5.36 Å². The van der Waals surface area contributed by atoms with Crippen molar-refractivity contribution in [3.8, 4) is 17.2 Å². The van der Waals surface area contributed by atoms with Crippen LogP contribution in [-0.2, 0) is 0 Å². The number of para-hydroxylation sites is 1. The van der Waals surface area contributed by atoms with E-state index < -0.39 is 0 Å². The molecular weight excluding hydrogens is 292 g/mol. The molecule has 0 bridgehead atoms. The summed E-state index contributed by atoms with van der Waals surface area (Å²) in [6.45, 7) is 0. The van der Waals surface area contributed by atoms with Crippen molar-refractivity contribution in [2.24, 2.45) is 5.16 Å². The lowest BCUT2D eigenvalue weighted by atomic mass is 10.1. The lowest BCUT2D eigenvalue weighted by Gasteiger charge is -2.05. The van der Waals surface area contributed by atoms with Crippen LogP contribution in [0.3, 0.4) is 0 Å². The highest BCUT2D eigenvalue weighted by molar-refractivity contribution is 5.86. The topological polar surface area (TPSA) is 78.9 Å². The molecule has 0 fully saturated rings. The summed E-state index contributed by atoms with van der Waals surface area (Å²) in [7, 11) is 0. The van der Waals surface area contributed by atoms with Crippen molar-refractivity contribution in [2.45, 2.75) is 0 Å². The summed E-state index contributed by atoms with van der Waals surface area (Å²) in [5.41, 5.74) is 1.20. The van der Waals surface area contributed by atoms with Crippen molar-refractivity contribution in [2.75, 3.05) is 0 Å². The monoisotopic (exact) mass is 304 g/mol. The number of phenols is 1. The number of aromatic hydroxyl groups is 1. The molecule has 0 aliphatic rings. The largest absolute Gasteiger partial charge is 0.508 e. The maximum absolute atomic E-state index is 9.62. The number of hydrogen-bond donors (Lipinski definition) is 2. The van der Waals surface area contributed by atoms with Gasteiger partial charge in [0.1, 0.15) is 22.4 Å². The summed E-state index contributed by atoms with van der Waals surface area (Å²) < 4.78 is 5.87. The van der Waals surface area contributed by atoms with E-state index in [0.29, 0.717) is 22.4 Å². The predicted octanol–water partition coefficient (Wildman–Crippen LogP) is 3.64. The Morgan fingerprint density at radius 2 is 1.83 bits per heavy atom. The third kappa shape index (κ3) is 2.28. The van der Waals surface area contributed by atoms with E-state index in [1.807, 2.05) is 24.3 Å². The van der Waals surface area contributed by atoms with Crippen LogP contribution in [0.15, 0.2) is 70.4 Å². The molecule has 0 spiro atoms. The van der Waals surface area contributed by atoms with E-state index in [0.717, 1.165) is 16.2 Å². The first-order valence-corrected chi connectivity index (χ1v) is 7.05. The van der Waals surface area contributed by atoms with Crippen molar-refractivity contribution in [1.29, 1.82) is 0 Å². The first-order valence-electron chi connectivity index (χ1n) is 7.05. The fourth-order valence-corrected chi connectivity index (χ4v) is 2.59. The van der Waals surface area contributed by atoms with Crippen LogP contribution in [0.2, 0.25) is 0 Å². The van der Waals surface area contributed by atoms with Crippen molar-refractivity contribution < 1.29 is 14.7 Å². The second-order valence-electron chi connectivity index (χ2n) is 5.19. The van der Waals surface area contributed by atoms with Gasteiger partial charge < -0.3 is 14.7 Å². The zero-order valence-corrected chi connectivity index (χ0v) is 12.0. The van der Waals surface area contributed by atoms with Gasteiger partial charge >= 0.3 is 0 Å². The third-order valence-electron chi connectivity index (χ3n) is 3.72. The molecule has 0 aliphatic heterocycles. The van der Waals surface area contributed by atoms with E-state index in [9.17, 15) is 10.3 Å². The number of fused-ring (bicyclic) bond motifs is 2. The number of rotatable bonds is 1. The van der Waals surface area contributed by atoms with E-state index >= 15 is 0 Å². The van der Waals surface area contributed by atoms with Gasteiger partial charge in [0.25, 0.3) is 0 Å². The van der Waals surface area contributed by atoms with Gasteiger partial charge in [-0.1, -0.05) is 17.3 Å². The standard InChI is InChI=1S/C18H12N2O3/c21-13-6-5-11-10-19-16(8-12(11)7-13)18-9-15(20-22)14-3-1-2-4-17(14)23-18/h1-10,21-22H. The minimum Gasteiger partial charge on any atom is -0.508 e. The average Bonchev–Trinajstić information content (AvgIpc) is 2.60. The molecule has 2 aromatic carbocycles. The Kier molecular flexibility index (Phi) is 2.98. The van der Waals surface area contributed by atoms with Crippen LogP contribution in [0.4, 0.5) is 0 Å². The van der Waals surface area contributed by atoms with Gasteiger partial charge in [-0.25, -0.2) is 0 Å². The van der Waals surface area contributed by atoms with Gasteiger partial charge in [0.2, 0.25) is 0 Å². The van der Waals surface area contributed by atoms with Crippen molar-refractivity contribution in [3.05, 3.63) is 66.2 Å². The molecule has 0 amide bonds. The van der Waals surface area contributed by atoms with Crippen LogP contribution in [0.25, 0.3) is 33.2 Å². The van der Waals surface area contributed by atoms with E-state index in [1.54, 1.807) is 36.5 Å². The maximum atomic E-state index is 9.62. The lowest BCUT2D eigenvalue weighted by Crippen LogP contribution is -2.03. The Balaban J connectivity index is 1.98. The van der Waals surface area contributed by atoms with Gasteiger partial charge in [0.15, 0.2) is 5.76 Å². The average molecular weight is 304 g/mol. The summed E-state index contributed by atoms with van der Waals surface area (Å²) in [5.74, 6) is 0.679. The number of nitrogens with zero attached hydrogens (tertiary/aromatic N) is 2. The van der Waals surface area contributed by atoms with Crippen molar-refractivity contribution >= 4 is 21.7 Å². The van der Waals surface area contributed by atoms with Crippen LogP contribution in [0.5, 0.6) is 5.75 Å². The molecule has 0 radical (unpaired) electrons. The molecule has 0 aliphatic carbocycles. The van der Waals surface area contributed by atoms with Crippen LogP contribution in [-0.4, -0.2) is 15.3 Å². The Morgan fingerprint density at radius 1 is 0.957 bits per heavy atom. The molecule has 112 valence electrons. The fraction of sp³-hybridized carbons (Fsp3) is 0. The molecule has 2 aromatic heterocycles. The number of benzene rings is 2. The summed E-state index contributed by atoms with van der Waals surface area (Å²) in [4.78, 5) is 4.39. The summed E-state index contributed by atoms with van der Waals surface area (Å²) in [6, 6.07) is 15.9. The highest BCUT2D eigenvalue weighted by Crippen LogP contribution is 2.25. The summed E-state index contributed by atoms with van der Waals surface area (Å²) >= 11 is 0. The Morgan fingerprint density at radius 3 is 2.70 bits per heavy atom. The first-order chi connectivity index (χ1) is 11.2. The minimum absolute atomic E-state index is 0.191. The molecule has 0 unspecified atom stereocenters. The van der Waals surface area contributed by atoms with Crippen LogP contribution >= 0.6 is 0 Å². The third-order valence-corrected chi connectivity index (χ3v) is 3.72. The molecule has 2 heterocycles. The fourth-order valence-electron chi connectivity index (χ4n) is 2.59. The summed E-state index contributed by atoms with van der Waals surface area (Å²) in [6.07, 6.45) is 1.71. The minimum atomic E-state index is 0.191. The van der Waals surface area contributed by atoms with Crippen molar-refractivity contribution in [1.82, 2.24) is 4.98 Å². The molecule has 0 atom stereocenters. The highest BCUT2D eigenvalue weighted by atomic mass is 16.4. The molecular formula is C18H12N2O3. The normalized spacial score (nSPS) is 12.1. The second kappa shape index (κ2) is 5.14. The van der Waals surface area contributed by atoms with Crippen molar-refractivity contribution in [3.63, 3.8) is 0 Å². The molecule has 23 heavy (non-hydrogen) atoms. The van der Waals surface area contributed by atoms with Crippen LogP contribution in [0.1, 0.15) is 0 Å². The Hall–Kier alpha value is -3.34. The smallest absolute Gasteiger partial charge is 0.155 e. The first kappa shape index (κ1) is 13.3. The highest BCUT2D eigenvalue weighted by Gasteiger charge is 2.08. The lowest BCUT2D eigenvalue weighted by molar-refractivity contribution is 0.302. The van der Waals surface area contributed by atoms with Gasteiger partial charge in [-0.2, -0.15) is 0 Å². The van der Waals surface area contributed by atoms with E-state index in [4.69, 9.17) is 4.42 Å². The van der Waals surface area contributed by atoms with E-state index in [-0.39, 0.29) is 5.75 Å². The van der Waals surface area contributed by atoms with Gasteiger partial charge in [0.05, 0.1) is 0 Å². The van der Waals surface area contributed by atoms with Crippen LogP contribution in [0, 0.1) is 0 Å². The van der Waals surface area contributed by atoms with Gasteiger partial charge in [-0.3, -0.25) is 4.98 Å². The Bertz CT molecular complexity index is 1100. The number of aromatic nitrogens is 1. The van der Waals surface area contributed by atoms with Gasteiger partial charge in [-0.15, -0.1) is 0 Å². The molecule has 5 nitrogen and oxygen atoms in total. The molecule has 4 rings (SSSR count).